The summed E-state index contributed by atoms with van der Waals surface area (Å²) in [4.78, 5) is 0. The maximum absolute atomic E-state index is 3.47. The molecule has 0 aliphatic carbocycles. The van der Waals surface area contributed by atoms with Crippen molar-refractivity contribution in [3.63, 3.8) is 0 Å². The lowest BCUT2D eigenvalue weighted by Crippen LogP contribution is -2.26. The van der Waals surface area contributed by atoms with E-state index in [1.54, 1.807) is 0 Å². The molecule has 2 heteroatoms. The van der Waals surface area contributed by atoms with Gasteiger partial charge in [0.2, 0.25) is 0 Å². The third-order valence-corrected chi connectivity index (χ3v) is 3.68. The zero-order valence-corrected chi connectivity index (χ0v) is 10.3. The van der Waals surface area contributed by atoms with E-state index in [1.165, 1.54) is 30.6 Å². The molecule has 0 radical (unpaired) electrons. The lowest BCUT2D eigenvalue weighted by molar-refractivity contribution is 0.441. The summed E-state index contributed by atoms with van der Waals surface area (Å²) >= 11 is 0. The molecule has 88 valence electrons. The topological polar surface area (TPSA) is 24.1 Å². The Morgan fingerprint density at radius 1 is 1.44 bits per heavy atom. The fourth-order valence-electron chi connectivity index (χ4n) is 2.77. The Kier molecular flexibility index (Phi) is 3.97. The van der Waals surface area contributed by atoms with Crippen LogP contribution in [0.5, 0.6) is 0 Å². The Morgan fingerprint density at radius 2 is 2.25 bits per heavy atom. The van der Waals surface area contributed by atoms with Crippen molar-refractivity contribution < 1.29 is 0 Å². The monoisotopic (exact) mass is 218 g/mol. The second kappa shape index (κ2) is 5.46. The fraction of sp³-hybridized carbons (Fsp3) is 0.571. The minimum Gasteiger partial charge on any atom is -0.319 e. The van der Waals surface area contributed by atoms with E-state index < -0.39 is 0 Å². The quantitative estimate of drug-likeness (QED) is 0.806. The van der Waals surface area contributed by atoms with Crippen LogP contribution in [0.25, 0.3) is 0 Å². The van der Waals surface area contributed by atoms with Crippen molar-refractivity contribution in [2.45, 2.75) is 19.3 Å². The highest BCUT2D eigenvalue weighted by molar-refractivity contribution is 5.30. The number of rotatable bonds is 4. The van der Waals surface area contributed by atoms with E-state index in [-0.39, 0.29) is 0 Å². The summed E-state index contributed by atoms with van der Waals surface area (Å²) < 4.78 is 0. The van der Waals surface area contributed by atoms with Crippen molar-refractivity contribution >= 4 is 0 Å². The van der Waals surface area contributed by atoms with Gasteiger partial charge in [-0.1, -0.05) is 24.3 Å². The van der Waals surface area contributed by atoms with Gasteiger partial charge in [-0.25, -0.2) is 0 Å². The standard InChI is InChI=1S/C14H22N2/c1-11-5-3-4-6-13(11)14(10-15-2)12-7-8-16-9-12/h3-6,12,14-16H,7-10H2,1-2H3. The smallest absolute Gasteiger partial charge is 0.00204 e. The molecule has 2 atom stereocenters. The number of hydrogen-bond acceptors (Lipinski definition) is 2. The Hall–Kier alpha value is -0.860. The normalized spacial score (nSPS) is 22.2. The highest BCUT2D eigenvalue weighted by Crippen LogP contribution is 2.30. The minimum absolute atomic E-state index is 0.654. The highest BCUT2D eigenvalue weighted by Gasteiger charge is 2.26. The number of likely N-dealkylation sites (N-methyl/N-ethyl adjacent to an activating group) is 1. The second-order valence-corrected chi connectivity index (χ2v) is 4.77. The van der Waals surface area contributed by atoms with Crippen molar-refractivity contribution in [2.75, 3.05) is 26.7 Å². The first-order valence-corrected chi connectivity index (χ1v) is 6.23. The third-order valence-electron chi connectivity index (χ3n) is 3.68. The minimum atomic E-state index is 0.654. The van der Waals surface area contributed by atoms with Gasteiger partial charge in [0.25, 0.3) is 0 Å². The zero-order valence-electron chi connectivity index (χ0n) is 10.3. The molecule has 1 aromatic carbocycles. The van der Waals surface area contributed by atoms with Gasteiger partial charge in [-0.2, -0.15) is 0 Å². The molecule has 1 heterocycles. The van der Waals surface area contributed by atoms with E-state index in [4.69, 9.17) is 0 Å². The molecule has 0 spiro atoms. The molecule has 0 bridgehead atoms. The van der Waals surface area contributed by atoms with Gasteiger partial charge in [0.1, 0.15) is 0 Å². The van der Waals surface area contributed by atoms with Crippen LogP contribution in [-0.4, -0.2) is 26.7 Å². The van der Waals surface area contributed by atoms with E-state index in [0.717, 1.165) is 12.5 Å². The molecule has 2 unspecified atom stereocenters. The molecule has 2 nitrogen and oxygen atoms in total. The molecular formula is C14H22N2. The molecule has 1 fully saturated rings. The van der Waals surface area contributed by atoms with Gasteiger partial charge in [-0.05, 0) is 50.5 Å². The van der Waals surface area contributed by atoms with Crippen LogP contribution in [0.1, 0.15) is 23.5 Å². The summed E-state index contributed by atoms with van der Waals surface area (Å²) in [5, 5.41) is 6.82. The summed E-state index contributed by atoms with van der Waals surface area (Å²) in [5.41, 5.74) is 2.94. The first-order chi connectivity index (χ1) is 7.83. The maximum atomic E-state index is 3.47. The van der Waals surface area contributed by atoms with Crippen LogP contribution >= 0.6 is 0 Å². The molecule has 2 rings (SSSR count). The largest absolute Gasteiger partial charge is 0.319 e. The van der Waals surface area contributed by atoms with Crippen LogP contribution in [0.4, 0.5) is 0 Å². The van der Waals surface area contributed by atoms with Gasteiger partial charge in [-0.15, -0.1) is 0 Å². The number of nitrogens with one attached hydrogen (secondary N) is 2. The van der Waals surface area contributed by atoms with E-state index in [1.807, 2.05) is 7.05 Å². The Bertz CT molecular complexity index is 329. The molecule has 16 heavy (non-hydrogen) atoms. The van der Waals surface area contributed by atoms with Crippen molar-refractivity contribution in [1.29, 1.82) is 0 Å². The van der Waals surface area contributed by atoms with Crippen molar-refractivity contribution in [3.8, 4) is 0 Å². The van der Waals surface area contributed by atoms with E-state index in [2.05, 4.69) is 41.8 Å². The molecule has 1 aliphatic heterocycles. The van der Waals surface area contributed by atoms with Crippen molar-refractivity contribution in [3.05, 3.63) is 35.4 Å². The summed E-state index contributed by atoms with van der Waals surface area (Å²) in [6.07, 6.45) is 1.31. The first-order valence-electron chi connectivity index (χ1n) is 6.23. The average Bonchev–Trinajstić information content (AvgIpc) is 2.80. The Labute approximate surface area is 98.4 Å². The zero-order chi connectivity index (χ0) is 11.4. The lowest BCUT2D eigenvalue weighted by atomic mass is 9.83. The van der Waals surface area contributed by atoms with Crippen LogP contribution in [0, 0.1) is 12.8 Å². The Balaban J connectivity index is 2.21. The molecule has 0 amide bonds. The molecular weight excluding hydrogens is 196 g/mol. The van der Waals surface area contributed by atoms with Gasteiger partial charge >= 0.3 is 0 Å². The average molecular weight is 218 g/mol. The predicted molar refractivity (Wildman–Crippen MR) is 68.8 cm³/mol. The summed E-state index contributed by atoms with van der Waals surface area (Å²) in [6, 6.07) is 8.80. The van der Waals surface area contributed by atoms with E-state index in [0.29, 0.717) is 5.92 Å². The molecule has 0 saturated carbocycles. The molecule has 1 aromatic rings. The second-order valence-electron chi connectivity index (χ2n) is 4.77. The molecule has 2 N–H and O–H groups in total. The van der Waals surface area contributed by atoms with Gasteiger partial charge in [-0.3, -0.25) is 0 Å². The fourth-order valence-corrected chi connectivity index (χ4v) is 2.77. The molecule has 1 aliphatic rings. The Morgan fingerprint density at radius 3 is 2.88 bits per heavy atom. The number of benzene rings is 1. The molecule has 1 saturated heterocycles. The van der Waals surface area contributed by atoms with Gasteiger partial charge in [0, 0.05) is 12.5 Å². The number of aryl methyl sites for hydroxylation is 1. The van der Waals surface area contributed by atoms with Gasteiger partial charge in [0.05, 0.1) is 0 Å². The first kappa shape index (κ1) is 11.6. The van der Waals surface area contributed by atoms with E-state index in [9.17, 15) is 0 Å². The van der Waals surface area contributed by atoms with Crippen LogP contribution in [0.3, 0.4) is 0 Å². The van der Waals surface area contributed by atoms with Crippen LogP contribution in [-0.2, 0) is 0 Å². The van der Waals surface area contributed by atoms with Crippen LogP contribution in [0.15, 0.2) is 24.3 Å². The van der Waals surface area contributed by atoms with Gasteiger partial charge in [0.15, 0.2) is 0 Å². The van der Waals surface area contributed by atoms with Crippen LogP contribution in [0.2, 0.25) is 0 Å². The predicted octanol–water partition coefficient (Wildman–Crippen LogP) is 1.91. The van der Waals surface area contributed by atoms with Crippen molar-refractivity contribution in [2.24, 2.45) is 5.92 Å². The highest BCUT2D eigenvalue weighted by atomic mass is 14.9. The summed E-state index contributed by atoms with van der Waals surface area (Å²) in [7, 11) is 2.05. The SMILES string of the molecule is CNCC(c1ccccc1C)C1CCNC1. The lowest BCUT2D eigenvalue weighted by Gasteiger charge is -2.24. The van der Waals surface area contributed by atoms with Crippen molar-refractivity contribution in [1.82, 2.24) is 10.6 Å². The maximum Gasteiger partial charge on any atom is 0.00204 e. The molecule has 0 aromatic heterocycles. The summed E-state index contributed by atoms with van der Waals surface area (Å²) in [6.45, 7) is 5.65. The third kappa shape index (κ3) is 2.45. The van der Waals surface area contributed by atoms with Crippen LogP contribution < -0.4 is 10.6 Å². The number of hydrogen-bond donors (Lipinski definition) is 2. The van der Waals surface area contributed by atoms with E-state index >= 15 is 0 Å². The van der Waals surface area contributed by atoms with Gasteiger partial charge < -0.3 is 10.6 Å². The summed E-state index contributed by atoms with van der Waals surface area (Å²) in [5.74, 6) is 1.44.